The van der Waals surface area contributed by atoms with Crippen LogP contribution >= 0.6 is 27.5 Å². The molecule has 0 bridgehead atoms. The molecule has 1 aliphatic rings. The second-order valence-electron chi connectivity index (χ2n) is 4.14. The Morgan fingerprint density at radius 1 is 1.47 bits per heavy atom. The van der Waals surface area contributed by atoms with Crippen LogP contribution in [0.25, 0.3) is 0 Å². The van der Waals surface area contributed by atoms with Gasteiger partial charge in [0.1, 0.15) is 6.61 Å². The summed E-state index contributed by atoms with van der Waals surface area (Å²) >= 11 is 9.49. The highest BCUT2D eigenvalue weighted by atomic mass is 79.9. The van der Waals surface area contributed by atoms with Gasteiger partial charge in [0.15, 0.2) is 0 Å². The van der Waals surface area contributed by atoms with Gasteiger partial charge in [0, 0.05) is 4.47 Å². The number of hydrogen-bond acceptors (Lipinski definition) is 2. The highest BCUT2D eigenvalue weighted by Gasteiger charge is 2.27. The van der Waals surface area contributed by atoms with Gasteiger partial charge in [-0.05, 0) is 32.0 Å². The van der Waals surface area contributed by atoms with Gasteiger partial charge in [-0.15, -0.1) is 0 Å². The largest absolute Gasteiger partial charge is 0.475 e. The summed E-state index contributed by atoms with van der Waals surface area (Å²) in [5.74, 6) is 0.631. The molecule has 0 fully saturated rings. The Hall–Kier alpha value is -0.540. The Balaban J connectivity index is 2.43. The Morgan fingerprint density at radius 2 is 2.20 bits per heavy atom. The molecule has 1 aromatic rings. The van der Waals surface area contributed by atoms with Gasteiger partial charge in [-0.1, -0.05) is 27.5 Å². The van der Waals surface area contributed by atoms with Gasteiger partial charge in [-0.3, -0.25) is 0 Å². The van der Waals surface area contributed by atoms with E-state index in [0.29, 0.717) is 17.5 Å². The molecule has 2 nitrogen and oxygen atoms in total. The van der Waals surface area contributed by atoms with Crippen LogP contribution in [0.1, 0.15) is 19.4 Å². The summed E-state index contributed by atoms with van der Waals surface area (Å²) in [4.78, 5) is 4.48. The lowest BCUT2D eigenvalue weighted by molar-refractivity contribution is 0.279. The Labute approximate surface area is 102 Å². The van der Waals surface area contributed by atoms with Gasteiger partial charge in [0.2, 0.25) is 5.90 Å². The molecule has 4 heteroatoms. The van der Waals surface area contributed by atoms with E-state index in [1.54, 1.807) is 0 Å². The van der Waals surface area contributed by atoms with Crippen molar-refractivity contribution in [2.24, 2.45) is 4.99 Å². The van der Waals surface area contributed by atoms with Crippen molar-refractivity contribution in [1.82, 2.24) is 0 Å². The average Bonchev–Trinajstić information content (AvgIpc) is 2.50. The maximum atomic E-state index is 6.09. The molecule has 0 aromatic heterocycles. The molecule has 1 aromatic carbocycles. The van der Waals surface area contributed by atoms with E-state index in [2.05, 4.69) is 20.9 Å². The van der Waals surface area contributed by atoms with E-state index < -0.39 is 0 Å². The zero-order chi connectivity index (χ0) is 11.1. The average molecular weight is 289 g/mol. The smallest absolute Gasteiger partial charge is 0.218 e. The van der Waals surface area contributed by atoms with E-state index in [0.717, 1.165) is 10.0 Å². The fourth-order valence-electron chi connectivity index (χ4n) is 1.38. The zero-order valence-corrected chi connectivity index (χ0v) is 10.9. The number of aliphatic imine (C=N–C) groups is 1. The normalized spacial score (nSPS) is 18.5. The summed E-state index contributed by atoms with van der Waals surface area (Å²) in [5, 5.41) is 0.662. The molecule has 1 heterocycles. The Morgan fingerprint density at radius 3 is 2.80 bits per heavy atom. The molecule has 1 aliphatic heterocycles. The van der Waals surface area contributed by atoms with Gasteiger partial charge < -0.3 is 4.74 Å². The first-order valence-electron chi connectivity index (χ1n) is 4.66. The van der Waals surface area contributed by atoms with Crippen LogP contribution in [0.3, 0.4) is 0 Å². The van der Waals surface area contributed by atoms with Gasteiger partial charge in [-0.25, -0.2) is 4.99 Å². The van der Waals surface area contributed by atoms with Crippen LogP contribution in [0.4, 0.5) is 0 Å². The van der Waals surface area contributed by atoms with E-state index in [9.17, 15) is 0 Å². The molecule has 0 atom stereocenters. The molecule has 0 N–H and O–H groups in total. The highest BCUT2D eigenvalue weighted by Crippen LogP contribution is 2.27. The molecule has 0 saturated heterocycles. The number of rotatable bonds is 1. The molecule has 0 spiro atoms. The molecular formula is C11H11BrClNO. The van der Waals surface area contributed by atoms with Crippen molar-refractivity contribution in [2.75, 3.05) is 6.61 Å². The monoisotopic (exact) mass is 287 g/mol. The van der Waals surface area contributed by atoms with E-state index in [1.807, 2.05) is 32.0 Å². The second kappa shape index (κ2) is 3.80. The summed E-state index contributed by atoms with van der Waals surface area (Å²) in [5.41, 5.74) is 0.692. The number of nitrogens with zero attached hydrogens (tertiary/aromatic N) is 1. The molecule has 15 heavy (non-hydrogen) atoms. The maximum Gasteiger partial charge on any atom is 0.218 e. The van der Waals surface area contributed by atoms with Gasteiger partial charge in [0.25, 0.3) is 0 Å². The summed E-state index contributed by atoms with van der Waals surface area (Å²) < 4.78 is 6.51. The molecule has 0 aliphatic carbocycles. The van der Waals surface area contributed by atoms with Crippen molar-refractivity contribution < 1.29 is 4.74 Å². The quantitative estimate of drug-likeness (QED) is 0.773. The first-order valence-corrected chi connectivity index (χ1v) is 5.83. The van der Waals surface area contributed by atoms with Crippen molar-refractivity contribution in [2.45, 2.75) is 19.4 Å². The summed E-state index contributed by atoms with van der Waals surface area (Å²) in [7, 11) is 0. The fraction of sp³-hybridized carbons (Fsp3) is 0.364. The minimum Gasteiger partial charge on any atom is -0.475 e. The lowest BCUT2D eigenvalue weighted by Gasteiger charge is -2.07. The molecule has 0 radical (unpaired) electrons. The summed E-state index contributed by atoms with van der Waals surface area (Å²) in [6.45, 7) is 4.67. The van der Waals surface area contributed by atoms with Crippen molar-refractivity contribution in [3.8, 4) is 0 Å². The van der Waals surface area contributed by atoms with Crippen LogP contribution in [-0.2, 0) is 4.74 Å². The predicted octanol–water partition coefficient (Wildman–Crippen LogP) is 3.66. The topological polar surface area (TPSA) is 21.6 Å². The van der Waals surface area contributed by atoms with Crippen LogP contribution < -0.4 is 0 Å². The van der Waals surface area contributed by atoms with Gasteiger partial charge in [-0.2, -0.15) is 0 Å². The standard InChI is InChI=1S/C11H11BrClNO/c1-11(2)6-15-10(14-11)8-5-7(12)3-4-9(8)13/h3-5H,6H2,1-2H3. The van der Waals surface area contributed by atoms with Crippen LogP contribution in [0.2, 0.25) is 5.02 Å². The van der Waals surface area contributed by atoms with Crippen molar-refractivity contribution >= 4 is 33.4 Å². The van der Waals surface area contributed by atoms with Crippen LogP contribution in [0, 0.1) is 0 Å². The van der Waals surface area contributed by atoms with Crippen molar-refractivity contribution in [3.63, 3.8) is 0 Å². The minimum absolute atomic E-state index is 0.152. The third-order valence-corrected chi connectivity index (χ3v) is 2.95. The molecule has 80 valence electrons. The molecule has 0 unspecified atom stereocenters. The number of halogens is 2. The number of benzene rings is 1. The Kier molecular flexibility index (Phi) is 2.77. The van der Waals surface area contributed by atoms with Crippen molar-refractivity contribution in [3.05, 3.63) is 33.3 Å². The van der Waals surface area contributed by atoms with E-state index in [1.165, 1.54) is 0 Å². The Bertz CT molecular complexity index is 429. The van der Waals surface area contributed by atoms with E-state index in [4.69, 9.17) is 16.3 Å². The number of hydrogen-bond donors (Lipinski definition) is 0. The first-order chi connectivity index (χ1) is 6.98. The van der Waals surface area contributed by atoms with Crippen LogP contribution in [-0.4, -0.2) is 18.0 Å². The summed E-state index contributed by atoms with van der Waals surface area (Å²) in [6.07, 6.45) is 0. The lowest BCUT2D eigenvalue weighted by atomic mass is 10.1. The third-order valence-electron chi connectivity index (χ3n) is 2.13. The highest BCUT2D eigenvalue weighted by molar-refractivity contribution is 9.10. The SMILES string of the molecule is CC1(C)COC(c2cc(Br)ccc2Cl)=N1. The maximum absolute atomic E-state index is 6.09. The fourth-order valence-corrected chi connectivity index (χ4v) is 1.94. The molecular weight excluding hydrogens is 277 g/mol. The zero-order valence-electron chi connectivity index (χ0n) is 8.55. The van der Waals surface area contributed by atoms with Crippen LogP contribution in [0.5, 0.6) is 0 Å². The lowest BCUT2D eigenvalue weighted by Crippen LogP contribution is -2.17. The van der Waals surface area contributed by atoms with Crippen LogP contribution in [0.15, 0.2) is 27.7 Å². The first kappa shape index (κ1) is 11.0. The second-order valence-corrected chi connectivity index (χ2v) is 5.47. The molecule has 2 rings (SSSR count). The van der Waals surface area contributed by atoms with E-state index >= 15 is 0 Å². The van der Waals surface area contributed by atoms with Gasteiger partial charge in [0.05, 0.1) is 16.1 Å². The minimum atomic E-state index is -0.152. The predicted molar refractivity (Wildman–Crippen MR) is 65.7 cm³/mol. The summed E-state index contributed by atoms with van der Waals surface area (Å²) in [6, 6.07) is 5.65. The van der Waals surface area contributed by atoms with Crippen molar-refractivity contribution in [1.29, 1.82) is 0 Å². The number of ether oxygens (including phenoxy) is 1. The molecule has 0 amide bonds. The third kappa shape index (κ3) is 2.34. The van der Waals surface area contributed by atoms with E-state index in [-0.39, 0.29) is 5.54 Å². The molecule has 0 saturated carbocycles. The van der Waals surface area contributed by atoms with Gasteiger partial charge >= 0.3 is 0 Å².